The van der Waals surface area contributed by atoms with Crippen molar-refractivity contribution in [1.82, 2.24) is 4.90 Å². The van der Waals surface area contributed by atoms with Gasteiger partial charge in [-0.15, -0.1) is 11.3 Å². The second kappa shape index (κ2) is 7.50. The fourth-order valence-corrected chi connectivity index (χ4v) is 2.71. The van der Waals surface area contributed by atoms with E-state index < -0.39 is 5.97 Å². The molecule has 0 aliphatic rings. The van der Waals surface area contributed by atoms with Gasteiger partial charge in [0.15, 0.2) is 0 Å². The third-order valence-corrected chi connectivity index (χ3v) is 3.98. The maximum absolute atomic E-state index is 12.1. The van der Waals surface area contributed by atoms with Crippen LogP contribution in [-0.4, -0.2) is 36.5 Å². The number of halogens is 1. The highest BCUT2D eigenvalue weighted by atomic mass is 35.5. The average molecular weight is 304 g/mol. The number of ether oxygens (including phenoxy) is 1. The predicted octanol–water partition coefficient (Wildman–Crippen LogP) is 2.74. The van der Waals surface area contributed by atoms with Gasteiger partial charge in [0.25, 0.3) is 0 Å². The number of rotatable bonds is 6. The number of hydrogen-bond acceptors (Lipinski definition) is 4. The molecule has 4 nitrogen and oxygen atoms in total. The monoisotopic (exact) mass is 303 g/mol. The van der Waals surface area contributed by atoms with Crippen molar-refractivity contribution in [3.05, 3.63) is 21.3 Å². The van der Waals surface area contributed by atoms with Crippen LogP contribution in [0.5, 0.6) is 0 Å². The lowest BCUT2D eigenvalue weighted by atomic mass is 10.2. The van der Waals surface area contributed by atoms with E-state index in [1.807, 2.05) is 26.0 Å². The first-order valence-corrected chi connectivity index (χ1v) is 7.24. The fourth-order valence-electron chi connectivity index (χ4n) is 1.62. The lowest BCUT2D eigenvalue weighted by molar-refractivity contribution is -0.148. The Hall–Kier alpha value is -1.07. The van der Waals surface area contributed by atoms with Gasteiger partial charge >= 0.3 is 5.97 Å². The molecule has 0 spiro atoms. The van der Waals surface area contributed by atoms with Crippen molar-refractivity contribution in [2.45, 2.75) is 32.7 Å². The molecule has 1 heterocycles. The summed E-state index contributed by atoms with van der Waals surface area (Å²) >= 11 is 7.31. The van der Waals surface area contributed by atoms with E-state index in [-0.39, 0.29) is 18.5 Å². The van der Waals surface area contributed by atoms with Gasteiger partial charge < -0.3 is 9.64 Å². The lowest BCUT2D eigenvalue weighted by Crippen LogP contribution is -2.41. The molecule has 106 valence electrons. The maximum atomic E-state index is 12.1. The molecular weight excluding hydrogens is 286 g/mol. The van der Waals surface area contributed by atoms with E-state index in [1.54, 1.807) is 0 Å². The third kappa shape index (κ3) is 5.20. The van der Waals surface area contributed by atoms with Crippen LogP contribution in [0.25, 0.3) is 0 Å². The first-order chi connectivity index (χ1) is 8.93. The Kier molecular flexibility index (Phi) is 6.31. The number of hydrogen-bond donors (Lipinski definition) is 0. The predicted molar refractivity (Wildman–Crippen MR) is 76.5 cm³/mol. The second-order valence-electron chi connectivity index (χ2n) is 4.40. The van der Waals surface area contributed by atoms with Gasteiger partial charge in [0.1, 0.15) is 6.54 Å². The van der Waals surface area contributed by atoms with Crippen molar-refractivity contribution < 1.29 is 14.3 Å². The van der Waals surface area contributed by atoms with Crippen molar-refractivity contribution in [3.63, 3.8) is 0 Å². The van der Waals surface area contributed by atoms with Gasteiger partial charge in [0, 0.05) is 17.3 Å². The van der Waals surface area contributed by atoms with Crippen LogP contribution in [0.1, 0.15) is 25.1 Å². The summed E-state index contributed by atoms with van der Waals surface area (Å²) in [5.74, 6) is -0.453. The standard InChI is InChI=1S/C13H18ClNO3S/c1-9(2)15(8-13(17)18-3)12(16)7-5-10-4-6-11(14)19-10/h4,6,9H,5,7-8H2,1-3H3. The molecule has 1 rings (SSSR count). The molecule has 0 N–H and O–H groups in total. The second-order valence-corrected chi connectivity index (χ2v) is 6.20. The number of carbonyl (C=O) groups excluding carboxylic acids is 2. The quantitative estimate of drug-likeness (QED) is 0.759. The van der Waals surface area contributed by atoms with Gasteiger partial charge in [0.2, 0.25) is 5.91 Å². The summed E-state index contributed by atoms with van der Waals surface area (Å²) in [5, 5.41) is 0. The minimum absolute atomic E-state index is 0.00179. The molecule has 0 aromatic carbocycles. The Labute approximate surface area is 122 Å². The number of aryl methyl sites for hydroxylation is 1. The Morgan fingerprint density at radius 2 is 2.11 bits per heavy atom. The summed E-state index contributed by atoms with van der Waals surface area (Å²) in [7, 11) is 1.32. The number of esters is 1. The summed E-state index contributed by atoms with van der Waals surface area (Å²) in [6.07, 6.45) is 1.01. The highest BCUT2D eigenvalue weighted by molar-refractivity contribution is 7.16. The fraction of sp³-hybridized carbons (Fsp3) is 0.538. The van der Waals surface area contributed by atoms with E-state index >= 15 is 0 Å². The zero-order valence-electron chi connectivity index (χ0n) is 11.3. The molecular formula is C13H18ClNO3S. The van der Waals surface area contributed by atoms with E-state index in [2.05, 4.69) is 4.74 Å². The third-order valence-electron chi connectivity index (χ3n) is 2.68. The molecule has 1 amide bonds. The van der Waals surface area contributed by atoms with E-state index in [1.165, 1.54) is 23.3 Å². The minimum atomic E-state index is -0.402. The van der Waals surface area contributed by atoms with Gasteiger partial charge in [0.05, 0.1) is 11.4 Å². The molecule has 0 aliphatic carbocycles. The molecule has 0 radical (unpaired) electrons. The van der Waals surface area contributed by atoms with Crippen molar-refractivity contribution >= 4 is 34.8 Å². The number of nitrogens with zero attached hydrogens (tertiary/aromatic N) is 1. The normalized spacial score (nSPS) is 10.6. The molecule has 0 unspecified atom stereocenters. The van der Waals surface area contributed by atoms with Crippen LogP contribution in [0, 0.1) is 0 Å². The molecule has 6 heteroatoms. The number of amides is 1. The number of methoxy groups -OCH3 is 1. The highest BCUT2D eigenvalue weighted by Crippen LogP contribution is 2.22. The average Bonchev–Trinajstić information content (AvgIpc) is 2.78. The van der Waals surface area contributed by atoms with E-state index in [0.717, 1.165) is 9.21 Å². The highest BCUT2D eigenvalue weighted by Gasteiger charge is 2.20. The largest absolute Gasteiger partial charge is 0.468 e. The first kappa shape index (κ1) is 16.0. The summed E-state index contributed by atoms with van der Waals surface area (Å²) < 4.78 is 5.32. The van der Waals surface area contributed by atoms with Gasteiger partial charge in [-0.25, -0.2) is 0 Å². The van der Waals surface area contributed by atoms with Crippen LogP contribution in [0.3, 0.4) is 0 Å². The van der Waals surface area contributed by atoms with Crippen molar-refractivity contribution in [2.75, 3.05) is 13.7 Å². The van der Waals surface area contributed by atoms with Crippen LogP contribution in [0.2, 0.25) is 4.34 Å². The summed E-state index contributed by atoms with van der Waals surface area (Å²) in [6.45, 7) is 3.75. The Morgan fingerprint density at radius 1 is 1.42 bits per heavy atom. The Morgan fingerprint density at radius 3 is 2.58 bits per heavy atom. The zero-order chi connectivity index (χ0) is 14.4. The van der Waals surface area contributed by atoms with Crippen LogP contribution >= 0.6 is 22.9 Å². The Balaban J connectivity index is 2.54. The molecule has 0 atom stereocenters. The van der Waals surface area contributed by atoms with E-state index in [0.29, 0.717) is 12.8 Å². The molecule has 0 bridgehead atoms. The molecule has 0 fully saturated rings. The van der Waals surface area contributed by atoms with Crippen LogP contribution in [0.15, 0.2) is 12.1 Å². The van der Waals surface area contributed by atoms with Crippen molar-refractivity contribution in [3.8, 4) is 0 Å². The lowest BCUT2D eigenvalue weighted by Gasteiger charge is -2.25. The van der Waals surface area contributed by atoms with Gasteiger partial charge in [-0.1, -0.05) is 11.6 Å². The first-order valence-electron chi connectivity index (χ1n) is 6.04. The molecule has 1 aromatic heterocycles. The smallest absolute Gasteiger partial charge is 0.325 e. The molecule has 0 saturated carbocycles. The van der Waals surface area contributed by atoms with Gasteiger partial charge in [-0.2, -0.15) is 0 Å². The number of carbonyl (C=O) groups is 2. The van der Waals surface area contributed by atoms with Crippen LogP contribution in [-0.2, 0) is 20.7 Å². The zero-order valence-corrected chi connectivity index (χ0v) is 12.9. The van der Waals surface area contributed by atoms with Crippen LogP contribution < -0.4 is 0 Å². The molecule has 1 aromatic rings. The Bertz CT molecular complexity index is 445. The van der Waals surface area contributed by atoms with Crippen molar-refractivity contribution in [2.24, 2.45) is 0 Å². The maximum Gasteiger partial charge on any atom is 0.325 e. The van der Waals surface area contributed by atoms with E-state index in [9.17, 15) is 9.59 Å². The summed E-state index contributed by atoms with van der Waals surface area (Å²) in [4.78, 5) is 26.0. The minimum Gasteiger partial charge on any atom is -0.468 e. The van der Waals surface area contributed by atoms with E-state index in [4.69, 9.17) is 11.6 Å². The van der Waals surface area contributed by atoms with Gasteiger partial charge in [-0.05, 0) is 32.4 Å². The molecule has 19 heavy (non-hydrogen) atoms. The molecule has 0 aliphatic heterocycles. The topological polar surface area (TPSA) is 46.6 Å². The van der Waals surface area contributed by atoms with Crippen LogP contribution in [0.4, 0.5) is 0 Å². The SMILES string of the molecule is COC(=O)CN(C(=O)CCc1ccc(Cl)s1)C(C)C. The summed E-state index contributed by atoms with van der Waals surface area (Å²) in [5.41, 5.74) is 0. The number of thiophene rings is 1. The van der Waals surface area contributed by atoms with Crippen molar-refractivity contribution in [1.29, 1.82) is 0 Å². The summed E-state index contributed by atoms with van der Waals surface area (Å²) in [6, 6.07) is 3.71. The van der Waals surface area contributed by atoms with Gasteiger partial charge in [-0.3, -0.25) is 9.59 Å². The molecule has 0 saturated heterocycles.